The standard InChI is InChI=1S/C9H7BBrN3O/c10-14-8(1-2-12-14)7-3-6(5-15)4-9(11)13-7/h1-5H,10H2. The highest BCUT2D eigenvalue weighted by atomic mass is 79.9. The molecule has 0 bridgehead atoms. The van der Waals surface area contributed by atoms with Crippen LogP contribution in [-0.2, 0) is 0 Å². The average molecular weight is 264 g/mol. The molecular weight excluding hydrogens is 257 g/mol. The Labute approximate surface area is 95.9 Å². The van der Waals surface area contributed by atoms with E-state index in [0.717, 1.165) is 17.7 Å². The van der Waals surface area contributed by atoms with E-state index in [1.54, 1.807) is 22.9 Å². The molecule has 0 atom stereocenters. The van der Waals surface area contributed by atoms with Crippen molar-refractivity contribution in [3.63, 3.8) is 0 Å². The SMILES string of the molecule is Bn1nccc1-c1cc(C=O)cc(Br)n1. The van der Waals surface area contributed by atoms with Gasteiger partial charge in [0.15, 0.2) is 0 Å². The van der Waals surface area contributed by atoms with Crippen LogP contribution in [0.2, 0.25) is 0 Å². The van der Waals surface area contributed by atoms with Gasteiger partial charge in [0, 0.05) is 11.8 Å². The molecule has 0 fully saturated rings. The van der Waals surface area contributed by atoms with Gasteiger partial charge in [-0.3, -0.25) is 4.79 Å². The van der Waals surface area contributed by atoms with Crippen LogP contribution < -0.4 is 0 Å². The Morgan fingerprint density at radius 3 is 2.87 bits per heavy atom. The van der Waals surface area contributed by atoms with E-state index in [2.05, 4.69) is 26.0 Å². The van der Waals surface area contributed by atoms with Crippen molar-refractivity contribution in [1.82, 2.24) is 14.7 Å². The molecule has 0 N–H and O–H groups in total. The minimum atomic E-state index is 0.591. The number of rotatable bonds is 2. The summed E-state index contributed by atoms with van der Waals surface area (Å²) in [5.74, 6) is 0. The summed E-state index contributed by atoms with van der Waals surface area (Å²) in [7, 11) is 1.83. The second kappa shape index (κ2) is 3.98. The van der Waals surface area contributed by atoms with Crippen molar-refractivity contribution >= 4 is 30.2 Å². The quantitative estimate of drug-likeness (QED) is 0.460. The topological polar surface area (TPSA) is 47.8 Å². The Hall–Kier alpha value is -1.43. The van der Waals surface area contributed by atoms with Crippen LogP contribution in [0.1, 0.15) is 10.4 Å². The molecule has 0 unspecified atom stereocenters. The largest absolute Gasteiger partial charge is 0.318 e. The molecule has 0 amide bonds. The number of halogens is 1. The molecule has 74 valence electrons. The zero-order valence-corrected chi connectivity index (χ0v) is 9.60. The first-order valence-corrected chi connectivity index (χ1v) is 5.11. The number of aldehydes is 1. The molecule has 2 rings (SSSR count). The molecule has 0 radical (unpaired) electrons. The molecule has 0 aliphatic carbocycles. The van der Waals surface area contributed by atoms with Crippen LogP contribution in [0.25, 0.3) is 11.4 Å². The summed E-state index contributed by atoms with van der Waals surface area (Å²) in [6.45, 7) is 0. The van der Waals surface area contributed by atoms with Crippen molar-refractivity contribution in [3.8, 4) is 11.4 Å². The molecule has 2 heterocycles. The lowest BCUT2D eigenvalue weighted by atomic mass is 10.2. The molecule has 0 saturated carbocycles. The minimum Gasteiger partial charge on any atom is -0.318 e. The molecule has 0 aromatic carbocycles. The molecule has 2 aromatic heterocycles. The van der Waals surface area contributed by atoms with Gasteiger partial charge in [0.2, 0.25) is 7.98 Å². The van der Waals surface area contributed by atoms with E-state index >= 15 is 0 Å². The Morgan fingerprint density at radius 1 is 1.47 bits per heavy atom. The fourth-order valence-electron chi connectivity index (χ4n) is 1.34. The minimum absolute atomic E-state index is 0.591. The number of carbonyl (C=O) groups excluding carboxylic acids is 1. The van der Waals surface area contributed by atoms with E-state index in [0.29, 0.717) is 10.2 Å². The fraction of sp³-hybridized carbons (Fsp3) is 0. The normalized spacial score (nSPS) is 10.2. The summed E-state index contributed by atoms with van der Waals surface area (Å²) in [6.07, 6.45) is 2.49. The van der Waals surface area contributed by atoms with Gasteiger partial charge in [-0.05, 0) is 34.1 Å². The number of carbonyl (C=O) groups is 1. The molecule has 0 aliphatic heterocycles. The van der Waals surface area contributed by atoms with Crippen molar-refractivity contribution in [2.75, 3.05) is 0 Å². The van der Waals surface area contributed by atoms with E-state index in [9.17, 15) is 4.79 Å². The third-order valence-electron chi connectivity index (χ3n) is 2.04. The lowest BCUT2D eigenvalue weighted by molar-refractivity contribution is 0.112. The smallest absolute Gasteiger partial charge is 0.249 e. The van der Waals surface area contributed by atoms with Crippen LogP contribution in [0.3, 0.4) is 0 Å². The predicted octanol–water partition coefficient (Wildman–Crippen LogP) is 0.916. The Kier molecular flexibility index (Phi) is 2.68. The molecule has 15 heavy (non-hydrogen) atoms. The molecule has 0 aliphatic rings. The molecular formula is C9H7BBrN3O. The lowest BCUT2D eigenvalue weighted by Gasteiger charge is -2.03. The van der Waals surface area contributed by atoms with Crippen molar-refractivity contribution in [2.24, 2.45) is 0 Å². The van der Waals surface area contributed by atoms with Gasteiger partial charge in [-0.25, -0.2) is 4.98 Å². The molecule has 0 saturated heterocycles. The van der Waals surface area contributed by atoms with Gasteiger partial charge in [-0.2, -0.15) is 5.10 Å². The van der Waals surface area contributed by atoms with Crippen molar-refractivity contribution in [2.45, 2.75) is 0 Å². The maximum atomic E-state index is 10.7. The summed E-state index contributed by atoms with van der Waals surface area (Å²) in [6, 6.07) is 5.25. The Balaban J connectivity index is 2.58. The van der Waals surface area contributed by atoms with Crippen molar-refractivity contribution in [3.05, 3.63) is 34.6 Å². The summed E-state index contributed by atoms with van der Waals surface area (Å²) in [5.41, 5.74) is 2.19. The van der Waals surface area contributed by atoms with E-state index in [4.69, 9.17) is 0 Å². The monoisotopic (exact) mass is 263 g/mol. The van der Waals surface area contributed by atoms with E-state index in [1.165, 1.54) is 0 Å². The zero-order valence-electron chi connectivity index (χ0n) is 8.01. The number of aromatic nitrogens is 3. The van der Waals surface area contributed by atoms with Crippen LogP contribution in [0.5, 0.6) is 0 Å². The van der Waals surface area contributed by atoms with Crippen molar-refractivity contribution in [1.29, 1.82) is 0 Å². The van der Waals surface area contributed by atoms with Crippen LogP contribution >= 0.6 is 15.9 Å². The van der Waals surface area contributed by atoms with E-state index in [-0.39, 0.29) is 0 Å². The Morgan fingerprint density at radius 2 is 2.27 bits per heavy atom. The summed E-state index contributed by atoms with van der Waals surface area (Å²) in [5, 5.41) is 4.05. The first-order valence-electron chi connectivity index (χ1n) is 4.32. The zero-order chi connectivity index (χ0) is 10.8. The number of hydrogen-bond acceptors (Lipinski definition) is 3. The highest BCUT2D eigenvalue weighted by molar-refractivity contribution is 9.10. The third kappa shape index (κ3) is 1.99. The van der Waals surface area contributed by atoms with Crippen LogP contribution in [0.15, 0.2) is 29.0 Å². The third-order valence-corrected chi connectivity index (χ3v) is 2.44. The second-order valence-electron chi connectivity index (χ2n) is 3.07. The summed E-state index contributed by atoms with van der Waals surface area (Å²) >= 11 is 3.26. The lowest BCUT2D eigenvalue weighted by Crippen LogP contribution is -1.98. The van der Waals surface area contributed by atoms with Crippen molar-refractivity contribution < 1.29 is 4.79 Å². The first kappa shape index (κ1) is 10.1. The highest BCUT2D eigenvalue weighted by Crippen LogP contribution is 2.19. The van der Waals surface area contributed by atoms with Crippen LogP contribution in [0.4, 0.5) is 0 Å². The molecule has 6 heteroatoms. The number of pyridine rings is 1. The van der Waals surface area contributed by atoms with Gasteiger partial charge in [0.05, 0.1) is 11.4 Å². The second-order valence-corrected chi connectivity index (χ2v) is 3.88. The molecule has 4 nitrogen and oxygen atoms in total. The summed E-state index contributed by atoms with van der Waals surface area (Å²) in [4.78, 5) is 15.0. The van der Waals surface area contributed by atoms with Gasteiger partial charge < -0.3 is 4.59 Å². The van der Waals surface area contributed by atoms with Gasteiger partial charge in [-0.1, -0.05) is 0 Å². The van der Waals surface area contributed by atoms with Gasteiger partial charge in [0.1, 0.15) is 10.9 Å². The molecule has 0 spiro atoms. The average Bonchev–Trinajstić information content (AvgIpc) is 2.63. The highest BCUT2D eigenvalue weighted by Gasteiger charge is 2.06. The summed E-state index contributed by atoms with van der Waals surface area (Å²) < 4.78 is 2.35. The first-order chi connectivity index (χ1) is 7.20. The van der Waals surface area contributed by atoms with Gasteiger partial charge in [-0.15, -0.1) is 0 Å². The van der Waals surface area contributed by atoms with Crippen LogP contribution in [0, 0.1) is 0 Å². The fourth-order valence-corrected chi connectivity index (χ4v) is 1.80. The maximum absolute atomic E-state index is 10.7. The Bertz CT molecular complexity index is 512. The predicted molar refractivity (Wildman–Crippen MR) is 62.5 cm³/mol. The number of hydrogen-bond donors (Lipinski definition) is 0. The maximum Gasteiger partial charge on any atom is 0.249 e. The van der Waals surface area contributed by atoms with E-state index < -0.39 is 0 Å². The molecule has 2 aromatic rings. The van der Waals surface area contributed by atoms with Gasteiger partial charge >= 0.3 is 0 Å². The van der Waals surface area contributed by atoms with Crippen LogP contribution in [-0.4, -0.2) is 28.9 Å². The number of nitrogens with zero attached hydrogens (tertiary/aromatic N) is 3. The van der Waals surface area contributed by atoms with Gasteiger partial charge in [0.25, 0.3) is 0 Å². The van der Waals surface area contributed by atoms with E-state index in [1.807, 2.05) is 14.0 Å².